The lowest BCUT2D eigenvalue weighted by Gasteiger charge is -2.30. The van der Waals surface area contributed by atoms with Crippen molar-refractivity contribution in [1.29, 1.82) is 0 Å². The van der Waals surface area contributed by atoms with Gasteiger partial charge in [0, 0.05) is 17.5 Å². The number of methoxy groups -OCH3 is 2. The standard InChI is InChI=1S/C32H29NO7/c1-37-23-15-16-28(30(17-23)38-2)32(21-11-13-22(14-12-21)39-19-31(35)36)33(20-34)40-18-29-26-9-5-3-7-24(26)25-8-4-6-10-27(25)29/h3-17,20,29,32H,18-19H2,1-2H3,(H,35,36)/t32-/m0/s1. The fraction of sp³-hybridized carbons (Fsp3) is 0.188. The second kappa shape index (κ2) is 11.9. The number of hydroxylamine groups is 2. The maximum Gasteiger partial charge on any atom is 0.341 e. The van der Waals surface area contributed by atoms with Crippen LogP contribution in [0.15, 0.2) is 91.0 Å². The fourth-order valence-electron chi connectivity index (χ4n) is 5.17. The Morgan fingerprint density at radius 3 is 2.08 bits per heavy atom. The SMILES string of the molecule is COc1ccc([C@H](c2ccc(OCC(=O)O)cc2)N(C=O)OCC2c3ccccc3-c3ccccc32)c(OC)c1. The second-order valence-corrected chi connectivity index (χ2v) is 9.25. The summed E-state index contributed by atoms with van der Waals surface area (Å²) < 4.78 is 16.3. The first-order valence-corrected chi connectivity index (χ1v) is 12.7. The number of rotatable bonds is 12. The van der Waals surface area contributed by atoms with Crippen LogP contribution in [-0.2, 0) is 14.4 Å². The van der Waals surface area contributed by atoms with E-state index in [1.54, 1.807) is 50.6 Å². The van der Waals surface area contributed by atoms with Gasteiger partial charge in [-0.1, -0.05) is 60.7 Å². The Balaban J connectivity index is 1.49. The lowest BCUT2D eigenvalue weighted by atomic mass is 9.97. The van der Waals surface area contributed by atoms with E-state index in [1.165, 1.54) is 5.06 Å². The molecule has 1 atom stereocenters. The predicted molar refractivity (Wildman–Crippen MR) is 149 cm³/mol. The van der Waals surface area contributed by atoms with Gasteiger partial charge in [-0.2, -0.15) is 0 Å². The molecule has 1 aliphatic carbocycles. The quantitative estimate of drug-likeness (QED) is 0.189. The minimum Gasteiger partial charge on any atom is -0.497 e. The largest absolute Gasteiger partial charge is 0.497 e. The summed E-state index contributed by atoms with van der Waals surface area (Å²) >= 11 is 0. The van der Waals surface area contributed by atoms with Gasteiger partial charge in [0.2, 0.25) is 6.41 Å². The van der Waals surface area contributed by atoms with E-state index in [0.29, 0.717) is 34.8 Å². The molecular formula is C32H29NO7. The van der Waals surface area contributed by atoms with Gasteiger partial charge in [-0.3, -0.25) is 9.63 Å². The first kappa shape index (κ1) is 26.8. The van der Waals surface area contributed by atoms with Crippen LogP contribution in [-0.4, -0.2) is 50.0 Å². The van der Waals surface area contributed by atoms with E-state index in [9.17, 15) is 9.59 Å². The fourth-order valence-corrected chi connectivity index (χ4v) is 5.17. The molecule has 1 aliphatic rings. The molecule has 0 saturated heterocycles. The van der Waals surface area contributed by atoms with Crippen molar-refractivity contribution in [3.63, 3.8) is 0 Å². The van der Waals surface area contributed by atoms with Gasteiger partial charge in [0.15, 0.2) is 6.61 Å². The number of amides is 1. The molecule has 204 valence electrons. The van der Waals surface area contributed by atoms with E-state index in [4.69, 9.17) is 24.2 Å². The molecule has 8 heteroatoms. The molecule has 5 rings (SSSR count). The predicted octanol–water partition coefficient (Wildman–Crippen LogP) is 5.46. The third-order valence-corrected chi connectivity index (χ3v) is 7.00. The highest BCUT2D eigenvalue weighted by Crippen LogP contribution is 2.45. The van der Waals surface area contributed by atoms with E-state index in [-0.39, 0.29) is 12.5 Å². The highest BCUT2D eigenvalue weighted by Gasteiger charge is 2.31. The van der Waals surface area contributed by atoms with Crippen LogP contribution in [0, 0.1) is 0 Å². The molecular weight excluding hydrogens is 510 g/mol. The molecule has 0 unspecified atom stereocenters. The molecule has 0 aromatic heterocycles. The molecule has 0 saturated carbocycles. The lowest BCUT2D eigenvalue weighted by molar-refractivity contribution is -0.184. The number of carbonyl (C=O) groups is 2. The highest BCUT2D eigenvalue weighted by molar-refractivity contribution is 5.78. The Morgan fingerprint density at radius 1 is 0.875 bits per heavy atom. The number of nitrogens with zero attached hydrogens (tertiary/aromatic N) is 1. The van der Waals surface area contributed by atoms with Crippen LogP contribution in [0.2, 0.25) is 0 Å². The van der Waals surface area contributed by atoms with Crippen LogP contribution in [0.3, 0.4) is 0 Å². The minimum absolute atomic E-state index is 0.0555. The third-order valence-electron chi connectivity index (χ3n) is 7.00. The van der Waals surface area contributed by atoms with Crippen LogP contribution in [0.1, 0.15) is 34.2 Å². The maximum atomic E-state index is 12.6. The molecule has 4 aromatic rings. The first-order valence-electron chi connectivity index (χ1n) is 12.7. The van der Waals surface area contributed by atoms with Crippen molar-refractivity contribution in [2.24, 2.45) is 0 Å². The first-order chi connectivity index (χ1) is 19.5. The topological polar surface area (TPSA) is 94.5 Å². The van der Waals surface area contributed by atoms with E-state index in [0.717, 1.165) is 22.3 Å². The number of carbonyl (C=O) groups excluding carboxylic acids is 1. The lowest BCUT2D eigenvalue weighted by Crippen LogP contribution is -2.30. The van der Waals surface area contributed by atoms with Crippen molar-refractivity contribution in [3.05, 3.63) is 113 Å². The molecule has 8 nitrogen and oxygen atoms in total. The molecule has 1 N–H and O–H groups in total. The average molecular weight is 540 g/mol. The number of fused-ring (bicyclic) bond motifs is 3. The van der Waals surface area contributed by atoms with Gasteiger partial charge >= 0.3 is 5.97 Å². The van der Waals surface area contributed by atoms with Crippen molar-refractivity contribution in [3.8, 4) is 28.4 Å². The molecule has 1 amide bonds. The van der Waals surface area contributed by atoms with Crippen molar-refractivity contribution in [1.82, 2.24) is 5.06 Å². The number of benzene rings is 4. The summed E-state index contributed by atoms with van der Waals surface area (Å²) in [5, 5.41) is 10.2. The molecule has 0 spiro atoms. The Morgan fingerprint density at radius 2 is 1.50 bits per heavy atom. The molecule has 0 bridgehead atoms. The highest BCUT2D eigenvalue weighted by atomic mass is 16.7. The summed E-state index contributed by atoms with van der Waals surface area (Å²) in [5.41, 5.74) is 6.01. The average Bonchev–Trinajstić information content (AvgIpc) is 3.32. The Hall–Kier alpha value is -4.82. The zero-order chi connectivity index (χ0) is 28.1. The number of aliphatic carboxylic acids is 1. The van der Waals surface area contributed by atoms with Crippen LogP contribution in [0.4, 0.5) is 0 Å². The van der Waals surface area contributed by atoms with Gasteiger partial charge in [-0.15, -0.1) is 0 Å². The number of hydrogen-bond acceptors (Lipinski definition) is 6. The third kappa shape index (κ3) is 5.34. The van der Waals surface area contributed by atoms with E-state index in [1.807, 2.05) is 30.3 Å². The van der Waals surface area contributed by atoms with Crippen LogP contribution < -0.4 is 14.2 Å². The van der Waals surface area contributed by atoms with E-state index in [2.05, 4.69) is 24.3 Å². The van der Waals surface area contributed by atoms with Gasteiger partial charge in [-0.25, -0.2) is 9.86 Å². The van der Waals surface area contributed by atoms with Crippen molar-refractivity contribution < 1.29 is 33.7 Å². The van der Waals surface area contributed by atoms with Crippen molar-refractivity contribution in [2.45, 2.75) is 12.0 Å². The number of hydrogen-bond donors (Lipinski definition) is 1. The van der Waals surface area contributed by atoms with Gasteiger partial charge in [0.25, 0.3) is 0 Å². The van der Waals surface area contributed by atoms with Crippen LogP contribution >= 0.6 is 0 Å². The molecule has 0 fully saturated rings. The van der Waals surface area contributed by atoms with Crippen LogP contribution in [0.5, 0.6) is 17.2 Å². The van der Waals surface area contributed by atoms with Crippen molar-refractivity contribution >= 4 is 12.4 Å². The van der Waals surface area contributed by atoms with Crippen molar-refractivity contribution in [2.75, 3.05) is 27.4 Å². The number of carboxylic acid groups (broad SMARTS) is 1. The maximum absolute atomic E-state index is 12.6. The normalized spacial score (nSPS) is 12.7. The summed E-state index contributed by atoms with van der Waals surface area (Å²) in [4.78, 5) is 29.8. The minimum atomic E-state index is -1.07. The Bertz CT molecular complexity index is 1460. The van der Waals surface area contributed by atoms with Gasteiger partial charge in [0.1, 0.15) is 23.3 Å². The molecule has 0 heterocycles. The zero-order valence-electron chi connectivity index (χ0n) is 22.2. The summed E-state index contributed by atoms with van der Waals surface area (Å²) in [5.74, 6) is 0.391. The molecule has 4 aromatic carbocycles. The summed E-state index contributed by atoms with van der Waals surface area (Å²) in [6, 6.07) is 28.0. The summed E-state index contributed by atoms with van der Waals surface area (Å²) in [7, 11) is 3.12. The van der Waals surface area contributed by atoms with Gasteiger partial charge in [-0.05, 0) is 52.1 Å². The Labute approximate surface area is 232 Å². The summed E-state index contributed by atoms with van der Waals surface area (Å²) in [6.07, 6.45) is 0.663. The Kier molecular flexibility index (Phi) is 7.98. The monoisotopic (exact) mass is 539 g/mol. The second-order valence-electron chi connectivity index (χ2n) is 9.25. The molecule has 0 radical (unpaired) electrons. The summed E-state index contributed by atoms with van der Waals surface area (Å²) in [6.45, 7) is -0.218. The molecule has 0 aliphatic heterocycles. The zero-order valence-corrected chi connectivity index (χ0v) is 22.2. The molecule has 40 heavy (non-hydrogen) atoms. The van der Waals surface area contributed by atoms with Crippen LogP contribution in [0.25, 0.3) is 11.1 Å². The smallest absolute Gasteiger partial charge is 0.341 e. The van der Waals surface area contributed by atoms with E-state index >= 15 is 0 Å². The number of carboxylic acids is 1. The van der Waals surface area contributed by atoms with Gasteiger partial charge in [0.05, 0.1) is 20.8 Å². The number of ether oxygens (including phenoxy) is 3. The van der Waals surface area contributed by atoms with Gasteiger partial charge < -0.3 is 19.3 Å². The van der Waals surface area contributed by atoms with E-state index < -0.39 is 18.6 Å².